The van der Waals surface area contributed by atoms with Crippen LogP contribution in [-0.2, 0) is 29.8 Å². The Bertz CT molecular complexity index is 975. The van der Waals surface area contributed by atoms with E-state index >= 15 is 0 Å². The lowest BCUT2D eigenvalue weighted by molar-refractivity contribution is -0.133. The molecule has 8 nitrogen and oxygen atoms in total. The van der Waals surface area contributed by atoms with Gasteiger partial charge in [-0.15, -0.1) is 0 Å². The van der Waals surface area contributed by atoms with E-state index in [2.05, 4.69) is 10.0 Å². The van der Waals surface area contributed by atoms with Gasteiger partial charge in [0.05, 0.1) is 23.1 Å². The Labute approximate surface area is 196 Å². The summed E-state index contributed by atoms with van der Waals surface area (Å²) in [6.07, 6.45) is 1.86. The molecule has 0 unspecified atom stereocenters. The van der Waals surface area contributed by atoms with E-state index in [1.54, 1.807) is 12.1 Å². The maximum absolute atomic E-state index is 13.2. The van der Waals surface area contributed by atoms with Crippen molar-refractivity contribution in [3.8, 4) is 0 Å². The van der Waals surface area contributed by atoms with E-state index < -0.39 is 34.2 Å². The van der Waals surface area contributed by atoms with E-state index in [4.69, 9.17) is 4.74 Å². The van der Waals surface area contributed by atoms with Crippen molar-refractivity contribution < 1.29 is 27.9 Å². The summed E-state index contributed by atoms with van der Waals surface area (Å²) in [5.74, 6) is -1.50. The van der Waals surface area contributed by atoms with Crippen LogP contribution < -0.4 is 10.0 Å². The minimum Gasteiger partial charge on any atom is -0.478 e. The maximum Gasteiger partial charge on any atom is 0.331 e. The molecule has 0 heterocycles. The van der Waals surface area contributed by atoms with E-state index in [1.807, 2.05) is 34.6 Å². The zero-order chi connectivity index (χ0) is 25.0. The normalized spacial score (nSPS) is 21.5. The van der Waals surface area contributed by atoms with Crippen LogP contribution in [0.3, 0.4) is 0 Å². The Morgan fingerprint density at radius 1 is 1.15 bits per heavy atom. The predicted molar refractivity (Wildman–Crippen MR) is 126 cm³/mol. The number of aliphatic carboxylic acids is 1. The molecule has 3 atom stereocenters. The molecule has 1 aliphatic rings. The number of hydrogen-bond donors (Lipinski definition) is 3. The highest BCUT2D eigenvalue weighted by molar-refractivity contribution is 7.89. The summed E-state index contributed by atoms with van der Waals surface area (Å²) < 4.78 is 35.1. The van der Waals surface area contributed by atoms with Crippen molar-refractivity contribution in [3.63, 3.8) is 0 Å². The van der Waals surface area contributed by atoms with Gasteiger partial charge in [-0.3, -0.25) is 4.79 Å². The number of rotatable bonds is 9. The summed E-state index contributed by atoms with van der Waals surface area (Å²) in [5.41, 5.74) is 0.907. The highest BCUT2D eigenvalue weighted by Crippen LogP contribution is 2.27. The number of carboxylic acids is 1. The molecule has 184 valence electrons. The molecule has 0 saturated heterocycles. The standard InChI is InChI=1S/C24H36N2O6S/c1-7-18(8-2)32-21-14-16(23(28)29)13-20(22(21)25-15(3)27)26-33(30,31)19-11-9-17(10-12-19)24(4,5)6/h9-12,14,18,20-22,26H,7-8,13H2,1-6H3,(H,25,27)(H,28,29)/t20-,21+,22+/m0/s1. The molecule has 0 fully saturated rings. The van der Waals surface area contributed by atoms with Crippen molar-refractivity contribution in [1.29, 1.82) is 0 Å². The monoisotopic (exact) mass is 480 g/mol. The number of carbonyl (C=O) groups excluding carboxylic acids is 1. The van der Waals surface area contributed by atoms with Gasteiger partial charge in [0, 0.05) is 18.5 Å². The molecule has 0 aromatic heterocycles. The van der Waals surface area contributed by atoms with Gasteiger partial charge >= 0.3 is 5.97 Å². The molecular weight excluding hydrogens is 444 g/mol. The van der Waals surface area contributed by atoms with Gasteiger partial charge < -0.3 is 15.2 Å². The summed E-state index contributed by atoms with van der Waals surface area (Å²) in [5, 5.41) is 12.4. The Morgan fingerprint density at radius 3 is 2.18 bits per heavy atom. The lowest BCUT2D eigenvalue weighted by atomic mass is 9.87. The highest BCUT2D eigenvalue weighted by Gasteiger charge is 2.39. The SMILES string of the molecule is CCC(CC)O[C@@H]1C=C(C(=O)O)C[C@H](NS(=O)(=O)c2ccc(C(C)(C)C)cc2)[C@H]1NC(C)=O. The van der Waals surface area contributed by atoms with Crippen molar-refractivity contribution in [2.45, 2.75) is 95.4 Å². The number of benzene rings is 1. The van der Waals surface area contributed by atoms with Crippen molar-refractivity contribution in [1.82, 2.24) is 10.0 Å². The van der Waals surface area contributed by atoms with E-state index in [9.17, 15) is 23.1 Å². The van der Waals surface area contributed by atoms with Gasteiger partial charge in [0.2, 0.25) is 15.9 Å². The highest BCUT2D eigenvalue weighted by atomic mass is 32.2. The van der Waals surface area contributed by atoms with Gasteiger partial charge in [0.1, 0.15) is 0 Å². The molecule has 0 bridgehead atoms. The Hall–Kier alpha value is -2.23. The summed E-state index contributed by atoms with van der Waals surface area (Å²) in [4.78, 5) is 23.8. The van der Waals surface area contributed by atoms with Crippen LogP contribution in [0.1, 0.15) is 66.4 Å². The van der Waals surface area contributed by atoms with Crippen LogP contribution >= 0.6 is 0 Å². The fourth-order valence-corrected chi connectivity index (χ4v) is 5.14. The minimum absolute atomic E-state index is 0.0448. The van der Waals surface area contributed by atoms with Crippen molar-refractivity contribution >= 4 is 21.9 Å². The quantitative estimate of drug-likeness (QED) is 0.499. The predicted octanol–water partition coefficient (Wildman–Crippen LogP) is 3.12. The van der Waals surface area contributed by atoms with E-state index in [1.165, 1.54) is 25.1 Å². The first-order chi connectivity index (χ1) is 15.3. The van der Waals surface area contributed by atoms with Gasteiger partial charge in [-0.1, -0.05) is 46.8 Å². The second-order valence-corrected chi connectivity index (χ2v) is 11.2. The number of amides is 1. The third kappa shape index (κ3) is 7.12. The largest absolute Gasteiger partial charge is 0.478 e. The van der Waals surface area contributed by atoms with Crippen LogP contribution in [0.5, 0.6) is 0 Å². The van der Waals surface area contributed by atoms with Crippen LogP contribution in [0, 0.1) is 0 Å². The fourth-order valence-electron chi connectivity index (χ4n) is 3.88. The first-order valence-corrected chi connectivity index (χ1v) is 12.8. The lowest BCUT2D eigenvalue weighted by Gasteiger charge is -2.38. The lowest BCUT2D eigenvalue weighted by Crippen LogP contribution is -2.59. The zero-order valence-electron chi connectivity index (χ0n) is 20.2. The molecule has 0 saturated carbocycles. The Balaban J connectivity index is 2.40. The van der Waals surface area contributed by atoms with Crippen molar-refractivity contribution in [3.05, 3.63) is 41.5 Å². The van der Waals surface area contributed by atoms with E-state index in [0.717, 1.165) is 5.56 Å². The molecule has 2 rings (SSSR count). The molecule has 1 amide bonds. The summed E-state index contributed by atoms with van der Waals surface area (Å²) in [6, 6.07) is 4.95. The molecule has 0 radical (unpaired) electrons. The first-order valence-electron chi connectivity index (χ1n) is 11.3. The topological polar surface area (TPSA) is 122 Å². The Kier molecular flexibility index (Phi) is 8.84. The van der Waals surface area contributed by atoms with Gasteiger partial charge in [0.25, 0.3) is 0 Å². The van der Waals surface area contributed by atoms with Gasteiger partial charge in [0.15, 0.2) is 0 Å². The molecule has 0 spiro atoms. The van der Waals surface area contributed by atoms with Gasteiger partial charge in [-0.25, -0.2) is 17.9 Å². The van der Waals surface area contributed by atoms with Gasteiger partial charge in [-0.05, 0) is 48.4 Å². The van der Waals surface area contributed by atoms with Crippen molar-refractivity contribution in [2.75, 3.05) is 0 Å². The maximum atomic E-state index is 13.2. The Morgan fingerprint density at radius 2 is 1.73 bits per heavy atom. The molecule has 9 heteroatoms. The third-order valence-corrected chi connectivity index (χ3v) is 7.34. The van der Waals surface area contributed by atoms with Crippen LogP contribution in [0.25, 0.3) is 0 Å². The summed E-state index contributed by atoms with van der Waals surface area (Å²) in [6.45, 7) is 11.3. The molecule has 1 aliphatic carbocycles. The van der Waals surface area contributed by atoms with Crippen LogP contribution in [-0.4, -0.2) is 49.7 Å². The van der Waals surface area contributed by atoms with Crippen molar-refractivity contribution in [2.24, 2.45) is 0 Å². The molecule has 1 aromatic rings. The van der Waals surface area contributed by atoms with E-state index in [-0.39, 0.29) is 34.3 Å². The summed E-state index contributed by atoms with van der Waals surface area (Å²) >= 11 is 0. The number of sulfonamides is 1. The smallest absolute Gasteiger partial charge is 0.331 e. The second-order valence-electron chi connectivity index (χ2n) is 9.47. The number of ether oxygens (including phenoxy) is 1. The molecule has 33 heavy (non-hydrogen) atoms. The van der Waals surface area contributed by atoms with E-state index in [0.29, 0.717) is 12.8 Å². The average molecular weight is 481 g/mol. The zero-order valence-corrected chi connectivity index (χ0v) is 21.0. The van der Waals surface area contributed by atoms with Crippen LogP contribution in [0.4, 0.5) is 0 Å². The molecule has 1 aromatic carbocycles. The first kappa shape index (κ1) is 27.0. The fraction of sp³-hybridized carbons (Fsp3) is 0.583. The number of hydrogen-bond acceptors (Lipinski definition) is 5. The van der Waals surface area contributed by atoms with Gasteiger partial charge in [-0.2, -0.15) is 0 Å². The molecular formula is C24H36N2O6S. The van der Waals surface area contributed by atoms with Crippen LogP contribution in [0.15, 0.2) is 40.8 Å². The summed E-state index contributed by atoms with van der Waals surface area (Å²) in [7, 11) is -3.98. The minimum atomic E-state index is -3.98. The third-order valence-electron chi connectivity index (χ3n) is 5.83. The molecule has 0 aliphatic heterocycles. The van der Waals surface area contributed by atoms with Crippen LogP contribution in [0.2, 0.25) is 0 Å². The number of carbonyl (C=O) groups is 2. The second kappa shape index (κ2) is 10.8. The average Bonchev–Trinajstić information content (AvgIpc) is 2.72. The number of nitrogens with one attached hydrogen (secondary N) is 2. The molecule has 3 N–H and O–H groups in total. The number of carboxylic acid groups (broad SMARTS) is 1.